The first kappa shape index (κ1) is 20.9. The summed E-state index contributed by atoms with van der Waals surface area (Å²) in [7, 11) is 0. The highest BCUT2D eigenvalue weighted by atomic mass is 32.1. The Balaban J connectivity index is 0.00000109. The predicted molar refractivity (Wildman–Crippen MR) is 121 cm³/mol. The lowest BCUT2D eigenvalue weighted by molar-refractivity contribution is -0.132. The smallest absolute Gasteiger partial charge is 0.226 e. The topological polar surface area (TPSA) is 46.3 Å². The van der Waals surface area contributed by atoms with E-state index in [4.69, 9.17) is 5.73 Å². The van der Waals surface area contributed by atoms with Crippen LogP contribution in [0.2, 0.25) is 0 Å². The van der Waals surface area contributed by atoms with Gasteiger partial charge in [0.05, 0.1) is 0 Å². The van der Waals surface area contributed by atoms with Crippen molar-refractivity contribution in [3.8, 4) is 11.1 Å². The highest BCUT2D eigenvalue weighted by Crippen LogP contribution is 2.51. The Labute approximate surface area is 174 Å². The standard InChI is InChI=1S/C23H28N2O.CH4S/c1-16-8-10-17(11-9-16)19-6-2-3-7-20(19)21-15-22(21)23(26)25-13-4-5-18(24)12-14-25;1-2/h2-3,6-11,18,21-22H,4-5,12-15,24H2,1H3;2H,1H3. The van der Waals surface area contributed by atoms with Crippen molar-refractivity contribution in [3.05, 3.63) is 59.7 Å². The molecular weight excluding hydrogens is 364 g/mol. The maximum atomic E-state index is 13.0. The summed E-state index contributed by atoms with van der Waals surface area (Å²) in [6.07, 6.45) is 5.67. The molecule has 28 heavy (non-hydrogen) atoms. The fraction of sp³-hybridized carbons (Fsp3) is 0.458. The predicted octanol–water partition coefficient (Wildman–Crippen LogP) is 4.65. The molecule has 4 heteroatoms. The summed E-state index contributed by atoms with van der Waals surface area (Å²) in [6.45, 7) is 3.80. The van der Waals surface area contributed by atoms with Crippen molar-refractivity contribution in [1.29, 1.82) is 0 Å². The van der Waals surface area contributed by atoms with Gasteiger partial charge < -0.3 is 10.6 Å². The van der Waals surface area contributed by atoms with Crippen LogP contribution in [0.15, 0.2) is 48.5 Å². The lowest BCUT2D eigenvalue weighted by atomic mass is 9.95. The third kappa shape index (κ3) is 4.79. The third-order valence-corrected chi connectivity index (χ3v) is 5.91. The molecule has 1 aliphatic heterocycles. The monoisotopic (exact) mass is 396 g/mol. The zero-order valence-electron chi connectivity index (χ0n) is 17.0. The van der Waals surface area contributed by atoms with E-state index in [0.717, 1.165) is 38.8 Å². The summed E-state index contributed by atoms with van der Waals surface area (Å²) in [5, 5.41) is 0. The minimum atomic E-state index is 0.149. The minimum absolute atomic E-state index is 0.149. The van der Waals surface area contributed by atoms with E-state index in [2.05, 4.69) is 73.0 Å². The number of nitrogens with two attached hydrogens (primary N) is 1. The van der Waals surface area contributed by atoms with E-state index in [-0.39, 0.29) is 12.0 Å². The normalized spacial score (nSPS) is 24.0. The van der Waals surface area contributed by atoms with Crippen LogP contribution in [-0.4, -0.2) is 36.2 Å². The maximum Gasteiger partial charge on any atom is 0.226 e. The van der Waals surface area contributed by atoms with Gasteiger partial charge in [-0.3, -0.25) is 4.79 Å². The molecule has 0 spiro atoms. The van der Waals surface area contributed by atoms with Crippen LogP contribution in [-0.2, 0) is 4.79 Å². The van der Waals surface area contributed by atoms with Crippen molar-refractivity contribution >= 4 is 18.5 Å². The summed E-state index contributed by atoms with van der Waals surface area (Å²) >= 11 is 3.53. The number of benzene rings is 2. The van der Waals surface area contributed by atoms with Gasteiger partial charge in [-0.1, -0.05) is 54.1 Å². The van der Waals surface area contributed by atoms with E-state index >= 15 is 0 Å². The lowest BCUT2D eigenvalue weighted by Crippen LogP contribution is -2.34. The molecule has 2 aromatic rings. The fourth-order valence-corrected chi connectivity index (χ4v) is 4.21. The molecule has 3 unspecified atom stereocenters. The third-order valence-electron chi connectivity index (χ3n) is 5.91. The molecule has 1 heterocycles. The minimum Gasteiger partial charge on any atom is -0.342 e. The number of aryl methyl sites for hydroxylation is 1. The highest BCUT2D eigenvalue weighted by molar-refractivity contribution is 7.79. The molecule has 0 bridgehead atoms. The average molecular weight is 397 g/mol. The summed E-state index contributed by atoms with van der Waals surface area (Å²) in [4.78, 5) is 15.0. The maximum absolute atomic E-state index is 13.0. The first-order chi connectivity index (χ1) is 13.6. The van der Waals surface area contributed by atoms with Gasteiger partial charge in [-0.25, -0.2) is 0 Å². The van der Waals surface area contributed by atoms with Gasteiger partial charge in [-0.2, -0.15) is 12.6 Å². The van der Waals surface area contributed by atoms with Gasteiger partial charge >= 0.3 is 0 Å². The van der Waals surface area contributed by atoms with Crippen LogP contribution < -0.4 is 5.73 Å². The van der Waals surface area contributed by atoms with Crippen LogP contribution in [0.3, 0.4) is 0 Å². The van der Waals surface area contributed by atoms with Crippen molar-refractivity contribution in [2.45, 2.75) is 44.6 Å². The number of likely N-dealkylation sites (tertiary alicyclic amines) is 1. The van der Waals surface area contributed by atoms with Gasteiger partial charge in [0.15, 0.2) is 0 Å². The summed E-state index contributed by atoms with van der Waals surface area (Å²) in [5.41, 5.74) is 11.2. The number of amides is 1. The summed E-state index contributed by atoms with van der Waals surface area (Å²) in [6, 6.07) is 17.5. The van der Waals surface area contributed by atoms with Crippen molar-refractivity contribution in [2.24, 2.45) is 11.7 Å². The Bertz CT molecular complexity index is 789. The summed E-state index contributed by atoms with van der Waals surface area (Å²) in [5.74, 6) is 0.843. The second kappa shape index (κ2) is 9.62. The van der Waals surface area contributed by atoms with E-state index in [1.54, 1.807) is 6.26 Å². The van der Waals surface area contributed by atoms with Crippen molar-refractivity contribution in [2.75, 3.05) is 19.3 Å². The molecule has 1 saturated carbocycles. The van der Waals surface area contributed by atoms with E-state index in [1.807, 2.05) is 0 Å². The van der Waals surface area contributed by atoms with Crippen LogP contribution >= 0.6 is 12.6 Å². The number of nitrogens with zero attached hydrogens (tertiary/aromatic N) is 1. The van der Waals surface area contributed by atoms with Gasteiger partial charge in [-0.15, -0.1) is 0 Å². The Kier molecular flexibility index (Phi) is 7.19. The first-order valence-electron chi connectivity index (χ1n) is 10.3. The molecular formula is C24H32N2OS. The second-order valence-corrected chi connectivity index (χ2v) is 7.92. The van der Waals surface area contributed by atoms with Gasteiger partial charge in [0.25, 0.3) is 0 Å². The SMILES string of the molecule is CS.Cc1ccc(-c2ccccc2C2CC2C(=O)N2CCCC(N)CC2)cc1. The first-order valence-corrected chi connectivity index (χ1v) is 11.2. The van der Waals surface area contributed by atoms with E-state index in [1.165, 1.54) is 22.3 Å². The van der Waals surface area contributed by atoms with Crippen LogP contribution in [0.5, 0.6) is 0 Å². The molecule has 1 saturated heterocycles. The molecule has 3 atom stereocenters. The van der Waals surface area contributed by atoms with Crippen molar-refractivity contribution in [3.63, 3.8) is 0 Å². The fourth-order valence-electron chi connectivity index (χ4n) is 4.21. The molecule has 2 aromatic carbocycles. The molecule has 3 nitrogen and oxygen atoms in total. The number of hydrogen-bond donors (Lipinski definition) is 2. The van der Waals surface area contributed by atoms with E-state index in [9.17, 15) is 4.79 Å². The summed E-state index contributed by atoms with van der Waals surface area (Å²) < 4.78 is 0. The van der Waals surface area contributed by atoms with Gasteiger partial charge in [0, 0.05) is 25.0 Å². The number of carbonyl (C=O) groups is 1. The van der Waals surface area contributed by atoms with Crippen molar-refractivity contribution in [1.82, 2.24) is 4.90 Å². The van der Waals surface area contributed by atoms with Gasteiger partial charge in [0.2, 0.25) is 5.91 Å². The lowest BCUT2D eigenvalue weighted by Gasteiger charge is -2.21. The number of hydrogen-bond acceptors (Lipinski definition) is 3. The molecule has 1 aliphatic carbocycles. The Morgan fingerprint density at radius 2 is 1.75 bits per heavy atom. The number of thiol groups is 1. The van der Waals surface area contributed by atoms with Crippen LogP contribution in [0.1, 0.15) is 42.7 Å². The molecule has 2 N–H and O–H groups in total. The van der Waals surface area contributed by atoms with E-state index < -0.39 is 0 Å². The molecule has 2 aliphatic rings. The molecule has 1 amide bonds. The quantitative estimate of drug-likeness (QED) is 0.742. The zero-order valence-corrected chi connectivity index (χ0v) is 17.9. The van der Waals surface area contributed by atoms with Crippen LogP contribution in [0.4, 0.5) is 0 Å². The molecule has 2 fully saturated rings. The Morgan fingerprint density at radius 1 is 1.04 bits per heavy atom. The molecule has 0 radical (unpaired) electrons. The molecule has 4 rings (SSSR count). The average Bonchev–Trinajstić information content (AvgIpc) is 3.54. The van der Waals surface area contributed by atoms with E-state index in [0.29, 0.717) is 11.8 Å². The second-order valence-electron chi connectivity index (χ2n) is 7.92. The Morgan fingerprint density at radius 3 is 2.50 bits per heavy atom. The van der Waals surface area contributed by atoms with Crippen LogP contribution in [0.25, 0.3) is 11.1 Å². The van der Waals surface area contributed by atoms with Gasteiger partial charge in [-0.05, 0) is 61.5 Å². The molecule has 0 aromatic heterocycles. The largest absolute Gasteiger partial charge is 0.342 e. The van der Waals surface area contributed by atoms with Crippen LogP contribution in [0, 0.1) is 12.8 Å². The zero-order chi connectivity index (χ0) is 20.1. The van der Waals surface area contributed by atoms with Crippen molar-refractivity contribution < 1.29 is 4.79 Å². The Hall–Kier alpha value is -1.78. The number of carbonyl (C=O) groups excluding carboxylic acids is 1. The molecule has 150 valence electrons. The number of rotatable bonds is 3. The van der Waals surface area contributed by atoms with Gasteiger partial charge in [0.1, 0.15) is 0 Å². The highest BCUT2D eigenvalue weighted by Gasteiger charge is 2.46.